The quantitative estimate of drug-likeness (QED) is 0.632. The van der Waals surface area contributed by atoms with E-state index in [2.05, 4.69) is 14.7 Å². The Labute approximate surface area is 111 Å². The number of hydrogen-bond donors (Lipinski definition) is 0. The molecule has 0 radical (unpaired) electrons. The molecule has 3 nitrogen and oxygen atoms in total. The van der Waals surface area contributed by atoms with E-state index >= 15 is 0 Å². The van der Waals surface area contributed by atoms with Gasteiger partial charge in [0.05, 0.1) is 5.69 Å². The predicted molar refractivity (Wildman–Crippen MR) is 64.1 cm³/mol. The lowest BCUT2D eigenvalue weighted by atomic mass is 10.1. The Morgan fingerprint density at radius 2 is 1.89 bits per heavy atom. The topological polar surface area (TPSA) is 35.0 Å². The van der Waals surface area contributed by atoms with Crippen molar-refractivity contribution in [2.45, 2.75) is 6.61 Å². The highest BCUT2D eigenvalue weighted by atomic mass is 35.5. The van der Waals surface area contributed by atoms with Crippen LogP contribution in [0.3, 0.4) is 0 Å². The van der Waals surface area contributed by atoms with Crippen LogP contribution in [0, 0.1) is 0 Å². The van der Waals surface area contributed by atoms with E-state index in [1.165, 1.54) is 18.2 Å². The summed E-state index contributed by atoms with van der Waals surface area (Å²) < 4.78 is 28.5. The van der Waals surface area contributed by atoms with E-state index in [0.29, 0.717) is 11.3 Å². The summed E-state index contributed by atoms with van der Waals surface area (Å²) in [6, 6.07) is 7.56. The summed E-state index contributed by atoms with van der Waals surface area (Å²) in [5.41, 5.74) is 0.985. The summed E-state index contributed by atoms with van der Waals surface area (Å²) in [7, 11) is 0. The lowest BCUT2D eigenvalue weighted by Crippen LogP contribution is -2.01. The van der Waals surface area contributed by atoms with Crippen molar-refractivity contribution in [1.82, 2.24) is 9.97 Å². The summed E-state index contributed by atoms with van der Waals surface area (Å²) in [4.78, 5) is 7.65. The number of halogens is 4. The maximum absolute atomic E-state index is 12.1. The molecule has 1 aromatic carbocycles. The Balaban J connectivity index is 2.38. The van der Waals surface area contributed by atoms with Gasteiger partial charge in [-0.15, -0.1) is 0 Å². The van der Waals surface area contributed by atoms with Gasteiger partial charge >= 0.3 is 6.61 Å². The molecule has 0 saturated carbocycles. The Bertz CT molecular complexity index is 546. The van der Waals surface area contributed by atoms with Gasteiger partial charge in [0.1, 0.15) is 10.9 Å². The molecule has 0 aliphatic rings. The van der Waals surface area contributed by atoms with Gasteiger partial charge in [-0.3, -0.25) is 0 Å². The third kappa shape index (κ3) is 3.27. The molecule has 0 atom stereocenters. The van der Waals surface area contributed by atoms with Crippen molar-refractivity contribution in [2.24, 2.45) is 0 Å². The minimum absolute atomic E-state index is 0.0160. The van der Waals surface area contributed by atoms with Gasteiger partial charge in [0.25, 0.3) is 0 Å². The molecule has 7 heteroatoms. The molecule has 0 unspecified atom stereocenters. The maximum atomic E-state index is 12.1. The molecule has 2 aromatic rings. The number of alkyl halides is 2. The van der Waals surface area contributed by atoms with E-state index in [1.807, 2.05) is 0 Å². The summed E-state index contributed by atoms with van der Waals surface area (Å²) in [5, 5.41) is 0.155. The molecule has 0 saturated heterocycles. The van der Waals surface area contributed by atoms with Crippen molar-refractivity contribution < 1.29 is 13.5 Å². The molecule has 0 amide bonds. The van der Waals surface area contributed by atoms with Gasteiger partial charge in [-0.25, -0.2) is 9.97 Å². The molecule has 0 aliphatic heterocycles. The fraction of sp³-hybridized carbons (Fsp3) is 0.0909. The van der Waals surface area contributed by atoms with Crippen LogP contribution in [0.15, 0.2) is 30.3 Å². The summed E-state index contributed by atoms with van der Waals surface area (Å²) in [5.74, 6) is 0.0355. The zero-order valence-corrected chi connectivity index (χ0v) is 10.3. The smallest absolute Gasteiger partial charge is 0.387 e. The van der Waals surface area contributed by atoms with Gasteiger partial charge < -0.3 is 4.74 Å². The highest BCUT2D eigenvalue weighted by molar-refractivity contribution is 6.32. The Morgan fingerprint density at radius 3 is 2.56 bits per heavy atom. The molecule has 1 aromatic heterocycles. The Hall–Kier alpha value is -1.46. The second-order valence-electron chi connectivity index (χ2n) is 3.25. The van der Waals surface area contributed by atoms with Crippen LogP contribution in [0.5, 0.6) is 5.75 Å². The average molecular weight is 291 g/mol. The van der Waals surface area contributed by atoms with E-state index in [9.17, 15) is 8.78 Å². The second kappa shape index (κ2) is 5.46. The lowest BCUT2D eigenvalue weighted by molar-refractivity contribution is -0.0498. The minimum Gasteiger partial charge on any atom is -0.435 e. The van der Waals surface area contributed by atoms with Crippen molar-refractivity contribution in [1.29, 1.82) is 0 Å². The van der Waals surface area contributed by atoms with Gasteiger partial charge in [0.2, 0.25) is 5.28 Å². The van der Waals surface area contributed by atoms with Crippen LogP contribution in [0.4, 0.5) is 8.78 Å². The van der Waals surface area contributed by atoms with Crippen LogP contribution in [-0.2, 0) is 0 Å². The monoisotopic (exact) mass is 290 g/mol. The van der Waals surface area contributed by atoms with Crippen molar-refractivity contribution in [3.8, 4) is 17.0 Å². The molecule has 0 spiro atoms. The number of rotatable bonds is 3. The van der Waals surface area contributed by atoms with Crippen LogP contribution >= 0.6 is 23.2 Å². The van der Waals surface area contributed by atoms with E-state index in [4.69, 9.17) is 23.2 Å². The SMILES string of the molecule is FC(F)Oc1cccc(-c2cc(Cl)nc(Cl)n2)c1. The summed E-state index contributed by atoms with van der Waals surface area (Å²) in [6.45, 7) is -2.88. The normalized spacial score (nSPS) is 10.7. The number of ether oxygens (including phenoxy) is 1. The molecule has 0 bridgehead atoms. The largest absolute Gasteiger partial charge is 0.435 e. The fourth-order valence-corrected chi connectivity index (χ4v) is 1.78. The second-order valence-corrected chi connectivity index (χ2v) is 3.98. The molecular formula is C11H6Cl2F2N2O. The van der Waals surface area contributed by atoms with Crippen molar-refractivity contribution in [2.75, 3.05) is 0 Å². The van der Waals surface area contributed by atoms with Crippen molar-refractivity contribution >= 4 is 23.2 Å². The predicted octanol–water partition coefficient (Wildman–Crippen LogP) is 4.05. The molecular weight excluding hydrogens is 285 g/mol. The molecule has 18 heavy (non-hydrogen) atoms. The van der Waals surface area contributed by atoms with Crippen LogP contribution in [0.25, 0.3) is 11.3 Å². The van der Waals surface area contributed by atoms with E-state index in [0.717, 1.165) is 0 Å². The number of hydrogen-bond acceptors (Lipinski definition) is 3. The van der Waals surface area contributed by atoms with Gasteiger partial charge in [-0.2, -0.15) is 8.78 Å². The Morgan fingerprint density at radius 1 is 1.11 bits per heavy atom. The summed E-state index contributed by atoms with van der Waals surface area (Å²) in [6.07, 6.45) is 0. The van der Waals surface area contributed by atoms with Gasteiger partial charge in [0, 0.05) is 11.6 Å². The fourth-order valence-electron chi connectivity index (χ4n) is 1.37. The summed E-state index contributed by atoms with van der Waals surface area (Å²) >= 11 is 11.4. The van der Waals surface area contributed by atoms with Crippen molar-refractivity contribution in [3.05, 3.63) is 40.8 Å². The van der Waals surface area contributed by atoms with Gasteiger partial charge in [0.15, 0.2) is 0 Å². The molecule has 0 aliphatic carbocycles. The lowest BCUT2D eigenvalue weighted by Gasteiger charge is -2.06. The van der Waals surface area contributed by atoms with Crippen molar-refractivity contribution in [3.63, 3.8) is 0 Å². The molecule has 0 N–H and O–H groups in total. The van der Waals surface area contributed by atoms with Crippen LogP contribution in [-0.4, -0.2) is 16.6 Å². The first kappa shape index (κ1) is 13.0. The third-order valence-electron chi connectivity index (χ3n) is 2.02. The molecule has 94 valence electrons. The van der Waals surface area contributed by atoms with Crippen LogP contribution < -0.4 is 4.74 Å². The van der Waals surface area contributed by atoms with Gasteiger partial charge in [-0.05, 0) is 23.7 Å². The molecule has 2 rings (SSSR count). The van der Waals surface area contributed by atoms with E-state index in [-0.39, 0.29) is 16.2 Å². The zero-order chi connectivity index (χ0) is 13.1. The Kier molecular flexibility index (Phi) is 3.93. The highest BCUT2D eigenvalue weighted by Gasteiger charge is 2.08. The first-order chi connectivity index (χ1) is 8.54. The molecule has 1 heterocycles. The minimum atomic E-state index is -2.88. The molecule has 0 fully saturated rings. The number of aromatic nitrogens is 2. The van der Waals surface area contributed by atoms with Crippen LogP contribution in [0.2, 0.25) is 10.4 Å². The van der Waals surface area contributed by atoms with Gasteiger partial charge in [-0.1, -0.05) is 23.7 Å². The standard InChI is InChI=1S/C11H6Cl2F2N2O/c12-9-5-8(16-10(13)17-9)6-2-1-3-7(4-6)18-11(14)15/h1-5,11H. The first-order valence-electron chi connectivity index (χ1n) is 4.80. The highest BCUT2D eigenvalue weighted by Crippen LogP contribution is 2.25. The van der Waals surface area contributed by atoms with Crippen LogP contribution in [0.1, 0.15) is 0 Å². The average Bonchev–Trinajstić information content (AvgIpc) is 2.27. The zero-order valence-electron chi connectivity index (χ0n) is 8.78. The number of benzene rings is 1. The first-order valence-corrected chi connectivity index (χ1v) is 5.55. The third-order valence-corrected chi connectivity index (χ3v) is 2.39. The maximum Gasteiger partial charge on any atom is 0.387 e. The van der Waals surface area contributed by atoms with E-state index < -0.39 is 6.61 Å². The van der Waals surface area contributed by atoms with E-state index in [1.54, 1.807) is 12.1 Å². The number of nitrogens with zero attached hydrogens (tertiary/aromatic N) is 2.